The summed E-state index contributed by atoms with van der Waals surface area (Å²) < 4.78 is 61.0. The summed E-state index contributed by atoms with van der Waals surface area (Å²) in [6, 6.07) is 8.62. The first-order valence-electron chi connectivity index (χ1n) is 10.3. The monoisotopic (exact) mass is 489 g/mol. The molecule has 4 aromatic rings. The smallest absolute Gasteiger partial charge is 0.420 e. The molecule has 3 aromatic heterocycles. The van der Waals surface area contributed by atoms with Crippen LogP contribution >= 0.6 is 11.6 Å². The van der Waals surface area contributed by atoms with Crippen molar-refractivity contribution in [3.63, 3.8) is 0 Å². The van der Waals surface area contributed by atoms with Gasteiger partial charge in [0, 0.05) is 30.4 Å². The van der Waals surface area contributed by atoms with Crippen LogP contribution in [0.2, 0.25) is 5.15 Å². The van der Waals surface area contributed by atoms with Gasteiger partial charge in [-0.1, -0.05) is 29.8 Å². The zero-order chi connectivity index (χ0) is 24.0. The van der Waals surface area contributed by atoms with E-state index in [1.165, 1.54) is 41.8 Å². The van der Waals surface area contributed by atoms with Crippen molar-refractivity contribution in [2.24, 2.45) is 0 Å². The number of amides is 1. The van der Waals surface area contributed by atoms with Crippen LogP contribution in [0.5, 0.6) is 0 Å². The Labute approximate surface area is 195 Å². The van der Waals surface area contributed by atoms with Gasteiger partial charge in [-0.15, -0.1) is 0 Å². The van der Waals surface area contributed by atoms with Gasteiger partial charge in [-0.2, -0.15) is 13.2 Å². The van der Waals surface area contributed by atoms with Crippen LogP contribution in [0.1, 0.15) is 28.0 Å². The first kappa shape index (κ1) is 22.2. The number of carbonyl (C=O) groups is 1. The molecule has 174 valence electrons. The summed E-state index contributed by atoms with van der Waals surface area (Å²) >= 11 is 6.37. The second-order valence-electron chi connectivity index (χ2n) is 7.84. The molecule has 10 heteroatoms. The molecule has 0 saturated heterocycles. The number of furan rings is 1. The summed E-state index contributed by atoms with van der Waals surface area (Å²) in [5, 5.41) is -0.212. The Balaban J connectivity index is 1.51. The molecule has 0 bridgehead atoms. The highest BCUT2D eigenvalue weighted by Crippen LogP contribution is 2.37. The average Bonchev–Trinajstić information content (AvgIpc) is 3.46. The number of hydrogen-bond donors (Lipinski definition) is 0. The van der Waals surface area contributed by atoms with Crippen LogP contribution in [0, 0.1) is 5.82 Å². The Morgan fingerprint density at radius 3 is 2.59 bits per heavy atom. The molecule has 0 spiro atoms. The fraction of sp³-hybridized carbons (Fsp3) is 0.167. The van der Waals surface area contributed by atoms with E-state index in [1.807, 2.05) is 0 Å². The number of aromatic nitrogens is 2. The second-order valence-corrected chi connectivity index (χ2v) is 8.20. The fourth-order valence-electron chi connectivity index (χ4n) is 4.00. The van der Waals surface area contributed by atoms with Gasteiger partial charge in [-0.05, 0) is 41.8 Å². The van der Waals surface area contributed by atoms with Crippen LogP contribution in [0.4, 0.5) is 17.6 Å². The predicted molar refractivity (Wildman–Crippen MR) is 118 cm³/mol. The molecule has 1 aliphatic heterocycles. The first-order valence-corrected chi connectivity index (χ1v) is 10.7. The molecule has 5 nitrogen and oxygen atoms in total. The van der Waals surface area contributed by atoms with Gasteiger partial charge in [0.15, 0.2) is 11.3 Å². The maximum Gasteiger partial charge on any atom is 0.420 e. The summed E-state index contributed by atoms with van der Waals surface area (Å²) in [5.74, 6) is -0.940. The van der Waals surface area contributed by atoms with Crippen LogP contribution in [-0.4, -0.2) is 33.3 Å². The number of benzene rings is 1. The van der Waals surface area contributed by atoms with Gasteiger partial charge in [-0.25, -0.2) is 9.37 Å². The Morgan fingerprint density at radius 2 is 1.94 bits per heavy atom. The summed E-state index contributed by atoms with van der Waals surface area (Å²) in [5.41, 5.74) is 0.510. The minimum Gasteiger partial charge on any atom is -0.472 e. The lowest BCUT2D eigenvalue weighted by atomic mass is 9.99. The van der Waals surface area contributed by atoms with E-state index in [2.05, 4.69) is 4.98 Å². The molecule has 0 N–H and O–H groups in total. The lowest BCUT2D eigenvalue weighted by molar-refractivity contribution is -0.136. The molecule has 0 aliphatic carbocycles. The Kier molecular flexibility index (Phi) is 5.44. The molecule has 0 saturated carbocycles. The molecule has 0 unspecified atom stereocenters. The Hall–Kier alpha value is -3.59. The normalized spacial score (nSPS) is 14.5. The van der Waals surface area contributed by atoms with Crippen molar-refractivity contribution in [2.75, 3.05) is 13.1 Å². The van der Waals surface area contributed by atoms with Crippen LogP contribution in [0.25, 0.3) is 22.3 Å². The summed E-state index contributed by atoms with van der Waals surface area (Å²) in [7, 11) is 0. The second kappa shape index (κ2) is 8.32. The third kappa shape index (κ3) is 3.96. The molecule has 34 heavy (non-hydrogen) atoms. The zero-order valence-electron chi connectivity index (χ0n) is 17.4. The summed E-state index contributed by atoms with van der Waals surface area (Å²) in [4.78, 5) is 18.6. The van der Waals surface area contributed by atoms with Crippen molar-refractivity contribution in [2.45, 2.75) is 12.6 Å². The van der Waals surface area contributed by atoms with E-state index in [1.54, 1.807) is 18.2 Å². The van der Waals surface area contributed by atoms with Crippen molar-refractivity contribution < 1.29 is 26.8 Å². The summed E-state index contributed by atoms with van der Waals surface area (Å²) in [6.45, 7) is 0.485. The highest BCUT2D eigenvalue weighted by Gasteiger charge is 2.36. The maximum absolute atomic E-state index is 13.8. The standard InChI is InChI=1S/C24H16ClF4N3O2/c25-21-20(23(33)31-7-4-14(5-8-31)15-2-1-3-18(26)10-15)30-22-19(24(27,28)29)11-17(12-32(21)22)16-6-9-34-13-16/h1-4,6,9-13H,5,7-8H2. The predicted octanol–water partition coefficient (Wildman–Crippen LogP) is 6.34. The van der Waals surface area contributed by atoms with E-state index in [0.717, 1.165) is 21.6 Å². The van der Waals surface area contributed by atoms with Gasteiger partial charge < -0.3 is 9.32 Å². The highest BCUT2D eigenvalue weighted by atomic mass is 35.5. The molecular weight excluding hydrogens is 474 g/mol. The van der Waals surface area contributed by atoms with E-state index in [4.69, 9.17) is 16.0 Å². The van der Waals surface area contributed by atoms with Crippen molar-refractivity contribution in [3.8, 4) is 11.1 Å². The van der Waals surface area contributed by atoms with Crippen molar-refractivity contribution >= 4 is 28.7 Å². The van der Waals surface area contributed by atoms with E-state index >= 15 is 0 Å². The van der Waals surface area contributed by atoms with Crippen LogP contribution in [0.15, 0.2) is 65.6 Å². The molecule has 1 aliphatic rings. The number of rotatable bonds is 3. The number of pyridine rings is 1. The molecule has 1 aromatic carbocycles. The van der Waals surface area contributed by atoms with Crippen molar-refractivity contribution in [1.29, 1.82) is 0 Å². The van der Waals surface area contributed by atoms with Gasteiger partial charge in [0.05, 0.1) is 18.1 Å². The molecule has 0 fully saturated rings. The van der Waals surface area contributed by atoms with Gasteiger partial charge in [0.1, 0.15) is 11.0 Å². The topological polar surface area (TPSA) is 50.8 Å². The number of alkyl halides is 3. The highest BCUT2D eigenvalue weighted by molar-refractivity contribution is 6.33. The number of fused-ring (bicyclic) bond motifs is 1. The third-order valence-corrected chi connectivity index (χ3v) is 6.08. The SMILES string of the molecule is O=C(c1nc2c(C(F)(F)F)cc(-c3ccoc3)cn2c1Cl)N1CC=C(c2cccc(F)c2)CC1. The molecule has 0 atom stereocenters. The van der Waals surface area contributed by atoms with Crippen molar-refractivity contribution in [1.82, 2.24) is 14.3 Å². The average molecular weight is 490 g/mol. The van der Waals surface area contributed by atoms with Gasteiger partial charge in [0.25, 0.3) is 5.91 Å². The molecule has 5 rings (SSSR count). The number of hydrogen-bond acceptors (Lipinski definition) is 3. The number of nitrogens with zero attached hydrogens (tertiary/aromatic N) is 3. The van der Waals surface area contributed by atoms with Crippen LogP contribution < -0.4 is 0 Å². The van der Waals surface area contributed by atoms with Gasteiger partial charge >= 0.3 is 6.18 Å². The van der Waals surface area contributed by atoms with Crippen molar-refractivity contribution in [3.05, 3.63) is 89.0 Å². The molecule has 0 radical (unpaired) electrons. The Bertz CT molecular complexity index is 1420. The van der Waals surface area contributed by atoms with E-state index in [9.17, 15) is 22.4 Å². The van der Waals surface area contributed by atoms with Crippen LogP contribution in [-0.2, 0) is 6.18 Å². The summed E-state index contributed by atoms with van der Waals surface area (Å²) in [6.07, 6.45) is 1.58. The number of imidazole rings is 1. The maximum atomic E-state index is 13.8. The minimum absolute atomic E-state index is 0.196. The van der Waals surface area contributed by atoms with E-state index < -0.39 is 23.3 Å². The molecule has 1 amide bonds. The number of halogens is 5. The molecular formula is C24H16ClF4N3O2. The lowest BCUT2D eigenvalue weighted by Crippen LogP contribution is -2.35. The largest absolute Gasteiger partial charge is 0.472 e. The fourth-order valence-corrected chi connectivity index (χ4v) is 4.25. The van der Waals surface area contributed by atoms with Gasteiger partial charge in [0.2, 0.25) is 0 Å². The Morgan fingerprint density at radius 1 is 1.12 bits per heavy atom. The first-order chi connectivity index (χ1) is 16.2. The third-order valence-electron chi connectivity index (χ3n) is 5.72. The van der Waals surface area contributed by atoms with Crippen LogP contribution in [0.3, 0.4) is 0 Å². The number of carbonyl (C=O) groups excluding carboxylic acids is 1. The lowest BCUT2D eigenvalue weighted by Gasteiger charge is -2.26. The van der Waals surface area contributed by atoms with E-state index in [-0.39, 0.29) is 35.3 Å². The quantitative estimate of drug-likeness (QED) is 0.316. The minimum atomic E-state index is -4.72. The van der Waals surface area contributed by atoms with E-state index in [0.29, 0.717) is 12.0 Å². The molecule has 4 heterocycles. The zero-order valence-corrected chi connectivity index (χ0v) is 18.2. The van der Waals surface area contributed by atoms with Gasteiger partial charge in [-0.3, -0.25) is 9.20 Å².